The Morgan fingerprint density at radius 3 is 2.37 bits per heavy atom. The number of halogens is 1. The van der Waals surface area contributed by atoms with Gasteiger partial charge in [0.15, 0.2) is 0 Å². The summed E-state index contributed by atoms with van der Waals surface area (Å²) >= 11 is 7.27. The molecule has 2 aromatic carbocycles. The van der Waals surface area contributed by atoms with Gasteiger partial charge in [0.25, 0.3) is 0 Å². The molecule has 4 rings (SSSR count). The molecule has 2 heterocycles. The van der Waals surface area contributed by atoms with Crippen molar-refractivity contribution < 1.29 is 0 Å². The van der Waals surface area contributed by atoms with Crippen LogP contribution in [0.4, 0.5) is 0 Å². The van der Waals surface area contributed by atoms with Gasteiger partial charge < -0.3 is 0 Å². The van der Waals surface area contributed by atoms with Gasteiger partial charge in [0.2, 0.25) is 0 Å². The first-order chi connectivity index (χ1) is 9.33. The van der Waals surface area contributed by atoms with Crippen molar-refractivity contribution in [2.75, 3.05) is 0 Å². The lowest BCUT2D eigenvalue weighted by molar-refractivity contribution is 1.50. The summed E-state index contributed by atoms with van der Waals surface area (Å²) in [7, 11) is 0. The summed E-state index contributed by atoms with van der Waals surface area (Å²) in [6.07, 6.45) is 0. The molecule has 0 bridgehead atoms. The summed E-state index contributed by atoms with van der Waals surface area (Å²) in [6.45, 7) is 0. The fourth-order valence-electron chi connectivity index (χ4n) is 2.12. The van der Waals surface area contributed by atoms with Gasteiger partial charge in [-0.25, -0.2) is 4.98 Å². The minimum atomic E-state index is 1.08. The molecule has 0 aliphatic heterocycles. The van der Waals surface area contributed by atoms with Crippen molar-refractivity contribution in [3.63, 3.8) is 0 Å². The number of benzene rings is 2. The van der Waals surface area contributed by atoms with Crippen LogP contribution in [0.5, 0.6) is 0 Å². The Morgan fingerprint density at radius 2 is 1.58 bits per heavy atom. The van der Waals surface area contributed by atoms with E-state index in [-0.39, 0.29) is 0 Å². The van der Waals surface area contributed by atoms with Gasteiger partial charge in [-0.3, -0.25) is 0 Å². The molecule has 0 aliphatic rings. The highest BCUT2D eigenvalue weighted by Crippen LogP contribution is 2.44. The molecule has 0 N–H and O–H groups in total. The van der Waals surface area contributed by atoms with Crippen LogP contribution in [-0.4, -0.2) is 4.98 Å². The second-order valence-corrected chi connectivity index (χ2v) is 7.10. The van der Waals surface area contributed by atoms with Crippen molar-refractivity contribution in [2.24, 2.45) is 0 Å². The summed E-state index contributed by atoms with van der Waals surface area (Å²) in [6, 6.07) is 16.7. The Balaban J connectivity index is 2.01. The summed E-state index contributed by atoms with van der Waals surface area (Å²) in [5.41, 5.74) is 1.08. The molecule has 4 heteroatoms. The maximum absolute atomic E-state index is 4.74. The molecule has 0 aliphatic carbocycles. The van der Waals surface area contributed by atoms with E-state index < -0.39 is 0 Å². The maximum atomic E-state index is 4.74. The van der Waals surface area contributed by atoms with Crippen LogP contribution < -0.4 is 0 Å². The minimum absolute atomic E-state index is 1.08. The van der Waals surface area contributed by atoms with Crippen LogP contribution in [0.25, 0.3) is 30.2 Å². The molecule has 4 aromatic rings. The van der Waals surface area contributed by atoms with Crippen LogP contribution in [0.15, 0.2) is 53.0 Å². The van der Waals surface area contributed by atoms with Crippen molar-refractivity contribution >= 4 is 58.9 Å². The number of hydrogen-bond acceptors (Lipinski definition) is 3. The largest absolute Gasteiger partial charge is 0.235 e. The Hall–Kier alpha value is -1.23. The van der Waals surface area contributed by atoms with Gasteiger partial charge in [0.05, 0.1) is 15.1 Å². The Bertz CT molecular complexity index is 858. The zero-order valence-electron chi connectivity index (χ0n) is 9.76. The van der Waals surface area contributed by atoms with Gasteiger partial charge in [0, 0.05) is 14.6 Å². The lowest BCUT2D eigenvalue weighted by Crippen LogP contribution is -1.70. The third-order valence-electron chi connectivity index (χ3n) is 3.02. The van der Waals surface area contributed by atoms with E-state index in [9.17, 15) is 0 Å². The maximum Gasteiger partial charge on any atom is 0.135 e. The summed E-state index contributed by atoms with van der Waals surface area (Å²) in [5, 5.41) is 2.36. The van der Waals surface area contributed by atoms with E-state index in [1.807, 2.05) is 6.07 Å². The molecule has 0 unspecified atom stereocenters. The lowest BCUT2D eigenvalue weighted by atomic mass is 10.2. The number of hydrogen-bond donors (Lipinski definition) is 0. The van der Waals surface area contributed by atoms with Crippen molar-refractivity contribution in [3.05, 3.63) is 53.0 Å². The van der Waals surface area contributed by atoms with E-state index in [0.717, 1.165) is 15.0 Å². The molecule has 0 spiro atoms. The molecular formula is C15H8BrNS2. The van der Waals surface area contributed by atoms with E-state index in [1.54, 1.807) is 22.7 Å². The molecule has 92 valence electrons. The van der Waals surface area contributed by atoms with Gasteiger partial charge in [-0.05, 0) is 34.1 Å². The molecule has 2 aromatic heterocycles. The quantitative estimate of drug-likeness (QED) is 0.416. The van der Waals surface area contributed by atoms with Crippen LogP contribution in [0.3, 0.4) is 0 Å². The Morgan fingerprint density at radius 1 is 0.842 bits per heavy atom. The number of thiazole rings is 1. The first kappa shape index (κ1) is 11.6. The van der Waals surface area contributed by atoms with Crippen molar-refractivity contribution in [1.82, 2.24) is 4.98 Å². The first-order valence-electron chi connectivity index (χ1n) is 5.86. The monoisotopic (exact) mass is 345 g/mol. The molecule has 0 saturated heterocycles. The summed E-state index contributed by atoms with van der Waals surface area (Å²) in [4.78, 5) is 5.96. The van der Waals surface area contributed by atoms with E-state index in [1.165, 1.54) is 19.7 Å². The molecule has 19 heavy (non-hydrogen) atoms. The average molecular weight is 346 g/mol. The van der Waals surface area contributed by atoms with E-state index >= 15 is 0 Å². The smallest absolute Gasteiger partial charge is 0.135 e. The third kappa shape index (κ3) is 1.83. The van der Waals surface area contributed by atoms with Crippen LogP contribution in [0.1, 0.15) is 0 Å². The average Bonchev–Trinajstić information content (AvgIpc) is 3.00. The van der Waals surface area contributed by atoms with Crippen LogP contribution in [0, 0.1) is 0 Å². The van der Waals surface area contributed by atoms with Gasteiger partial charge in [-0.15, -0.1) is 22.7 Å². The number of para-hydroxylation sites is 1. The van der Waals surface area contributed by atoms with E-state index in [0.29, 0.717) is 0 Å². The Kier molecular flexibility index (Phi) is 2.69. The SMILES string of the molecule is Brc1c(-c2nc3ccccc3s2)sc2ccccc12. The highest BCUT2D eigenvalue weighted by atomic mass is 79.9. The predicted octanol–water partition coefficient (Wildman–Crippen LogP) is 5.94. The fraction of sp³-hybridized carbons (Fsp3) is 0. The van der Waals surface area contributed by atoms with Crippen molar-refractivity contribution in [1.29, 1.82) is 0 Å². The molecule has 1 nitrogen and oxygen atoms in total. The van der Waals surface area contributed by atoms with Crippen molar-refractivity contribution in [2.45, 2.75) is 0 Å². The molecule has 0 radical (unpaired) electrons. The molecule has 0 amide bonds. The number of rotatable bonds is 1. The third-order valence-corrected chi connectivity index (χ3v) is 6.47. The van der Waals surface area contributed by atoms with Gasteiger partial charge in [-0.2, -0.15) is 0 Å². The van der Waals surface area contributed by atoms with E-state index in [4.69, 9.17) is 4.98 Å². The van der Waals surface area contributed by atoms with Gasteiger partial charge in [0.1, 0.15) is 5.01 Å². The normalized spacial score (nSPS) is 11.4. The number of nitrogens with zero attached hydrogens (tertiary/aromatic N) is 1. The van der Waals surface area contributed by atoms with Crippen LogP contribution in [-0.2, 0) is 0 Å². The summed E-state index contributed by atoms with van der Waals surface area (Å²) < 4.78 is 3.69. The van der Waals surface area contributed by atoms with Gasteiger partial charge >= 0.3 is 0 Å². The summed E-state index contributed by atoms with van der Waals surface area (Å²) in [5.74, 6) is 0. The standard InChI is InChI=1S/C15H8BrNS2/c16-13-9-5-1-3-7-11(9)18-14(13)15-17-10-6-2-4-8-12(10)19-15/h1-8H. The molecule has 0 fully saturated rings. The van der Waals surface area contributed by atoms with Crippen LogP contribution >= 0.6 is 38.6 Å². The number of thiophene rings is 1. The second kappa shape index (κ2) is 4.40. The van der Waals surface area contributed by atoms with Gasteiger partial charge in [-0.1, -0.05) is 30.3 Å². The van der Waals surface area contributed by atoms with Crippen molar-refractivity contribution in [3.8, 4) is 9.88 Å². The second-order valence-electron chi connectivity index (χ2n) is 4.23. The highest BCUT2D eigenvalue weighted by molar-refractivity contribution is 9.10. The number of fused-ring (bicyclic) bond motifs is 2. The zero-order chi connectivity index (χ0) is 12.8. The van der Waals surface area contributed by atoms with E-state index in [2.05, 4.69) is 58.4 Å². The Labute approximate surface area is 126 Å². The molecule has 0 atom stereocenters. The lowest BCUT2D eigenvalue weighted by Gasteiger charge is -1.90. The predicted molar refractivity (Wildman–Crippen MR) is 88.1 cm³/mol. The fourth-order valence-corrected chi connectivity index (χ4v) is 5.30. The first-order valence-corrected chi connectivity index (χ1v) is 8.28. The molecular weight excluding hydrogens is 338 g/mol. The topological polar surface area (TPSA) is 12.9 Å². The highest BCUT2D eigenvalue weighted by Gasteiger charge is 2.14. The zero-order valence-corrected chi connectivity index (χ0v) is 13.0. The van der Waals surface area contributed by atoms with Crippen LogP contribution in [0.2, 0.25) is 0 Å². The number of aromatic nitrogens is 1. The molecule has 0 saturated carbocycles. The minimum Gasteiger partial charge on any atom is -0.235 e.